The lowest BCUT2D eigenvalue weighted by Gasteiger charge is -2.33. The van der Waals surface area contributed by atoms with Gasteiger partial charge in [-0.25, -0.2) is 0 Å². The van der Waals surface area contributed by atoms with Gasteiger partial charge in [0.1, 0.15) is 0 Å². The Bertz CT molecular complexity index is 721. The third kappa shape index (κ3) is 3.45. The summed E-state index contributed by atoms with van der Waals surface area (Å²) in [5, 5.41) is 2.97. The van der Waals surface area contributed by atoms with Gasteiger partial charge in [0.05, 0.1) is 30.7 Å². The molecule has 0 aliphatic carbocycles. The Hall–Kier alpha value is -1.91. The Morgan fingerprint density at radius 2 is 1.00 bits per heavy atom. The number of benzene rings is 3. The van der Waals surface area contributed by atoms with Gasteiger partial charge in [0.15, 0.2) is 0 Å². The summed E-state index contributed by atoms with van der Waals surface area (Å²) in [7, 11) is -1.46. The zero-order valence-corrected chi connectivity index (χ0v) is 15.7. The number of hydrogen-bond donors (Lipinski definition) is 0. The molecule has 0 aliphatic heterocycles. The first-order valence-corrected chi connectivity index (χ1v) is 11.0. The maximum absolute atomic E-state index is 2.49. The van der Waals surface area contributed by atoms with E-state index in [2.05, 4.69) is 112 Å². The van der Waals surface area contributed by atoms with Crippen molar-refractivity contribution in [2.45, 2.75) is 19.3 Å². The molecule has 0 N–H and O–H groups in total. The van der Waals surface area contributed by atoms with Gasteiger partial charge in [-0.1, -0.05) is 80.6 Å². The molecule has 122 valence electrons. The standard InChI is InChI=1S/C23H26P/c1-23(2,20-13-7-4-8-14-20)19-24(3,21-15-9-5-10-16-21)22-17-11-6-12-18-22/h4-18H,19H2,1-3H3/q+1. The van der Waals surface area contributed by atoms with Crippen molar-refractivity contribution in [2.75, 3.05) is 12.8 Å². The van der Waals surface area contributed by atoms with Crippen LogP contribution in [0, 0.1) is 0 Å². The number of rotatable bonds is 5. The van der Waals surface area contributed by atoms with E-state index in [-0.39, 0.29) is 5.41 Å². The predicted octanol–water partition coefficient (Wildman–Crippen LogP) is 5.26. The summed E-state index contributed by atoms with van der Waals surface area (Å²) in [6.45, 7) is 7.25. The van der Waals surface area contributed by atoms with E-state index in [0.29, 0.717) is 0 Å². The third-order valence-corrected chi connectivity index (χ3v) is 9.22. The van der Waals surface area contributed by atoms with E-state index >= 15 is 0 Å². The van der Waals surface area contributed by atoms with Crippen LogP contribution in [0.3, 0.4) is 0 Å². The molecule has 0 bridgehead atoms. The van der Waals surface area contributed by atoms with Gasteiger partial charge >= 0.3 is 0 Å². The maximum Gasteiger partial charge on any atom is 0.0989 e. The molecule has 3 aromatic rings. The SMILES string of the molecule is CC(C)(C[P+](C)(c1ccccc1)c1ccccc1)c1ccccc1. The molecule has 0 aromatic heterocycles. The molecule has 0 radical (unpaired) electrons. The number of hydrogen-bond acceptors (Lipinski definition) is 0. The van der Waals surface area contributed by atoms with Crippen molar-refractivity contribution in [3.05, 3.63) is 96.6 Å². The van der Waals surface area contributed by atoms with Crippen molar-refractivity contribution in [3.63, 3.8) is 0 Å². The van der Waals surface area contributed by atoms with Gasteiger partial charge in [0.2, 0.25) is 0 Å². The van der Waals surface area contributed by atoms with Crippen LogP contribution in [0.1, 0.15) is 19.4 Å². The van der Waals surface area contributed by atoms with Crippen LogP contribution in [-0.4, -0.2) is 12.8 Å². The van der Waals surface area contributed by atoms with Crippen molar-refractivity contribution in [1.82, 2.24) is 0 Å². The van der Waals surface area contributed by atoms with Crippen LogP contribution in [0.15, 0.2) is 91.0 Å². The van der Waals surface area contributed by atoms with Crippen molar-refractivity contribution >= 4 is 17.9 Å². The Morgan fingerprint density at radius 3 is 1.42 bits per heavy atom. The molecule has 0 saturated heterocycles. The highest BCUT2D eigenvalue weighted by molar-refractivity contribution is 7.89. The molecule has 0 aliphatic rings. The summed E-state index contributed by atoms with van der Waals surface area (Å²) >= 11 is 0. The average molecular weight is 333 g/mol. The van der Waals surface area contributed by atoms with Gasteiger partial charge in [-0.15, -0.1) is 0 Å². The molecular weight excluding hydrogens is 307 g/mol. The monoisotopic (exact) mass is 333 g/mol. The van der Waals surface area contributed by atoms with Crippen LogP contribution < -0.4 is 10.6 Å². The van der Waals surface area contributed by atoms with Gasteiger partial charge in [0.25, 0.3) is 0 Å². The van der Waals surface area contributed by atoms with Gasteiger partial charge in [0, 0.05) is 5.41 Å². The Kier molecular flexibility index (Phi) is 4.88. The second-order valence-electron chi connectivity index (χ2n) is 7.27. The topological polar surface area (TPSA) is 0 Å². The van der Waals surface area contributed by atoms with E-state index in [0.717, 1.165) is 6.16 Å². The minimum Gasteiger partial charge on any atom is -0.0622 e. The highest BCUT2D eigenvalue weighted by atomic mass is 31.2. The molecule has 3 aromatic carbocycles. The summed E-state index contributed by atoms with van der Waals surface area (Å²) in [6, 6.07) is 33.1. The summed E-state index contributed by atoms with van der Waals surface area (Å²) in [6.07, 6.45) is 1.16. The maximum atomic E-state index is 2.49. The molecule has 0 saturated carbocycles. The first-order chi connectivity index (χ1) is 11.5. The van der Waals surface area contributed by atoms with Crippen molar-refractivity contribution in [1.29, 1.82) is 0 Å². The molecule has 0 amide bonds. The van der Waals surface area contributed by atoms with E-state index < -0.39 is 7.26 Å². The Balaban J connectivity index is 2.06. The average Bonchev–Trinajstić information content (AvgIpc) is 2.63. The van der Waals surface area contributed by atoms with Crippen LogP contribution in [0.2, 0.25) is 0 Å². The van der Waals surface area contributed by atoms with Gasteiger partial charge in [-0.3, -0.25) is 0 Å². The quantitative estimate of drug-likeness (QED) is 0.559. The molecule has 0 fully saturated rings. The fraction of sp³-hybridized carbons (Fsp3) is 0.217. The van der Waals surface area contributed by atoms with Crippen LogP contribution in [0.4, 0.5) is 0 Å². The van der Waals surface area contributed by atoms with Gasteiger partial charge < -0.3 is 0 Å². The summed E-state index contributed by atoms with van der Waals surface area (Å²) in [5.41, 5.74) is 1.55. The molecule has 0 atom stereocenters. The van der Waals surface area contributed by atoms with E-state index in [1.807, 2.05) is 0 Å². The predicted molar refractivity (Wildman–Crippen MR) is 109 cm³/mol. The van der Waals surface area contributed by atoms with Crippen LogP contribution in [0.25, 0.3) is 0 Å². The second kappa shape index (κ2) is 6.91. The third-order valence-electron chi connectivity index (χ3n) is 4.92. The Morgan fingerprint density at radius 1 is 0.625 bits per heavy atom. The molecule has 24 heavy (non-hydrogen) atoms. The largest absolute Gasteiger partial charge is 0.0989 e. The van der Waals surface area contributed by atoms with Crippen molar-refractivity contribution in [2.24, 2.45) is 0 Å². The molecular formula is C23H26P+. The molecule has 1 heteroatoms. The van der Waals surface area contributed by atoms with Crippen LogP contribution in [0.5, 0.6) is 0 Å². The summed E-state index contributed by atoms with van der Waals surface area (Å²) < 4.78 is 0. The van der Waals surface area contributed by atoms with Crippen molar-refractivity contribution in [3.8, 4) is 0 Å². The highest BCUT2D eigenvalue weighted by Gasteiger charge is 2.43. The zero-order valence-electron chi connectivity index (χ0n) is 14.8. The second-order valence-corrected chi connectivity index (χ2v) is 11.0. The minimum absolute atomic E-state index is 0.134. The smallest absolute Gasteiger partial charge is 0.0622 e. The summed E-state index contributed by atoms with van der Waals surface area (Å²) in [4.78, 5) is 0. The minimum atomic E-state index is -1.46. The molecule has 0 unspecified atom stereocenters. The van der Waals surface area contributed by atoms with E-state index in [9.17, 15) is 0 Å². The highest BCUT2D eigenvalue weighted by Crippen LogP contribution is 2.56. The van der Waals surface area contributed by atoms with Crippen molar-refractivity contribution < 1.29 is 0 Å². The molecule has 3 rings (SSSR count). The van der Waals surface area contributed by atoms with E-state index in [1.165, 1.54) is 16.2 Å². The van der Waals surface area contributed by atoms with Gasteiger partial charge in [-0.2, -0.15) is 0 Å². The lowest BCUT2D eigenvalue weighted by Crippen LogP contribution is -2.33. The van der Waals surface area contributed by atoms with Crippen LogP contribution in [-0.2, 0) is 5.41 Å². The normalized spacial score (nSPS) is 12.1. The Labute approximate surface area is 146 Å². The van der Waals surface area contributed by atoms with E-state index in [4.69, 9.17) is 0 Å². The summed E-state index contributed by atoms with van der Waals surface area (Å²) in [5.74, 6) is 0. The first kappa shape index (κ1) is 16.9. The molecule has 0 nitrogen and oxygen atoms in total. The first-order valence-electron chi connectivity index (χ1n) is 8.55. The van der Waals surface area contributed by atoms with Gasteiger partial charge in [-0.05, 0) is 29.8 Å². The van der Waals surface area contributed by atoms with E-state index in [1.54, 1.807) is 0 Å². The fourth-order valence-electron chi connectivity index (χ4n) is 3.62. The fourth-order valence-corrected chi connectivity index (χ4v) is 7.70. The van der Waals surface area contributed by atoms with Crippen LogP contribution >= 0.6 is 7.26 Å². The molecule has 0 heterocycles. The lowest BCUT2D eigenvalue weighted by molar-refractivity contribution is 0.598. The molecule has 0 spiro atoms. The zero-order chi connectivity index (χ0) is 17.0. The lowest BCUT2D eigenvalue weighted by atomic mass is 9.87.